The Balaban J connectivity index is 1.53. The topological polar surface area (TPSA) is 55.4 Å². The monoisotopic (exact) mass is 377 g/mol. The van der Waals surface area contributed by atoms with E-state index in [2.05, 4.69) is 5.32 Å². The summed E-state index contributed by atoms with van der Waals surface area (Å²) in [5.74, 6) is -0.345. The van der Waals surface area contributed by atoms with Gasteiger partial charge in [-0.2, -0.15) is 0 Å². The average Bonchev–Trinajstić information content (AvgIpc) is 2.73. The Hall–Kier alpha value is -3.47. The first kappa shape index (κ1) is 19.3. The van der Waals surface area contributed by atoms with Crippen LogP contribution >= 0.6 is 0 Å². The Morgan fingerprint density at radius 1 is 0.893 bits per heavy atom. The first-order valence-electron chi connectivity index (χ1n) is 8.90. The second-order valence-corrected chi connectivity index (χ2v) is 6.35. The molecular formula is C23H20FNO3. The lowest BCUT2D eigenvalue weighted by atomic mass is 10.0. The highest BCUT2D eigenvalue weighted by molar-refractivity contribution is 6.09. The van der Waals surface area contributed by atoms with Gasteiger partial charge in [-0.3, -0.25) is 9.59 Å². The molecule has 0 aliphatic carbocycles. The number of carbonyl (C=O) groups is 2. The molecule has 0 heterocycles. The maximum absolute atomic E-state index is 13.0. The third-order valence-electron chi connectivity index (χ3n) is 4.27. The number of hydrogen-bond acceptors (Lipinski definition) is 3. The molecule has 0 fully saturated rings. The van der Waals surface area contributed by atoms with Crippen molar-refractivity contribution in [2.45, 2.75) is 13.0 Å². The zero-order chi connectivity index (χ0) is 19.9. The van der Waals surface area contributed by atoms with E-state index in [1.165, 1.54) is 24.3 Å². The normalized spacial score (nSPS) is 11.5. The van der Waals surface area contributed by atoms with Gasteiger partial charge in [0, 0.05) is 11.1 Å². The molecule has 3 rings (SSSR count). The first-order chi connectivity index (χ1) is 13.5. The molecule has 0 bridgehead atoms. The smallest absolute Gasteiger partial charge is 0.258 e. The van der Waals surface area contributed by atoms with Crippen molar-refractivity contribution in [2.24, 2.45) is 0 Å². The van der Waals surface area contributed by atoms with Gasteiger partial charge in [-0.15, -0.1) is 0 Å². The van der Waals surface area contributed by atoms with E-state index in [0.29, 0.717) is 16.9 Å². The van der Waals surface area contributed by atoms with E-state index >= 15 is 0 Å². The van der Waals surface area contributed by atoms with Crippen LogP contribution in [0.4, 0.5) is 4.39 Å². The van der Waals surface area contributed by atoms with Gasteiger partial charge >= 0.3 is 0 Å². The molecule has 0 aliphatic rings. The largest absolute Gasteiger partial charge is 0.484 e. The van der Waals surface area contributed by atoms with E-state index in [1.807, 2.05) is 37.3 Å². The fraction of sp³-hybridized carbons (Fsp3) is 0.130. The van der Waals surface area contributed by atoms with Crippen molar-refractivity contribution in [1.29, 1.82) is 0 Å². The van der Waals surface area contributed by atoms with Gasteiger partial charge in [-0.05, 0) is 61.0 Å². The number of halogens is 1. The van der Waals surface area contributed by atoms with E-state index in [1.54, 1.807) is 24.3 Å². The van der Waals surface area contributed by atoms with E-state index in [4.69, 9.17) is 4.74 Å². The maximum Gasteiger partial charge on any atom is 0.258 e. The van der Waals surface area contributed by atoms with Crippen molar-refractivity contribution >= 4 is 11.7 Å². The third kappa shape index (κ3) is 5.04. The fourth-order valence-electron chi connectivity index (χ4n) is 2.73. The standard InChI is InChI=1S/C23H20FNO3/c1-16(17-5-3-2-4-6-17)25-22(26)15-28-21-13-9-19(10-14-21)23(27)18-7-11-20(24)12-8-18/h2-14,16H,15H2,1H3,(H,25,26)/t16-/m1/s1. The molecular weight excluding hydrogens is 357 g/mol. The van der Waals surface area contributed by atoms with E-state index in [-0.39, 0.29) is 30.2 Å². The Bertz CT molecular complexity index is 938. The van der Waals surface area contributed by atoms with Crippen molar-refractivity contribution in [3.8, 4) is 5.75 Å². The van der Waals surface area contributed by atoms with Gasteiger partial charge in [-0.1, -0.05) is 30.3 Å². The van der Waals surface area contributed by atoms with Crippen LogP contribution in [0.2, 0.25) is 0 Å². The average molecular weight is 377 g/mol. The van der Waals surface area contributed by atoms with E-state index < -0.39 is 0 Å². The maximum atomic E-state index is 13.0. The van der Waals surface area contributed by atoms with Crippen molar-refractivity contribution in [2.75, 3.05) is 6.61 Å². The number of rotatable bonds is 7. The quantitative estimate of drug-likeness (QED) is 0.624. The lowest BCUT2D eigenvalue weighted by Gasteiger charge is -2.14. The molecule has 3 aromatic carbocycles. The first-order valence-corrected chi connectivity index (χ1v) is 8.90. The molecule has 1 amide bonds. The number of nitrogens with one attached hydrogen (secondary N) is 1. The number of ketones is 1. The summed E-state index contributed by atoms with van der Waals surface area (Å²) in [7, 11) is 0. The number of amides is 1. The van der Waals surface area contributed by atoms with Crippen LogP contribution < -0.4 is 10.1 Å². The predicted octanol–water partition coefficient (Wildman–Crippen LogP) is 4.31. The number of ether oxygens (including phenoxy) is 1. The zero-order valence-electron chi connectivity index (χ0n) is 15.4. The van der Waals surface area contributed by atoms with Crippen LogP contribution in [0.5, 0.6) is 5.75 Å². The molecule has 142 valence electrons. The second-order valence-electron chi connectivity index (χ2n) is 6.35. The summed E-state index contributed by atoms with van der Waals surface area (Å²) in [6.45, 7) is 1.78. The van der Waals surface area contributed by atoms with Crippen molar-refractivity contribution in [3.05, 3.63) is 101 Å². The van der Waals surface area contributed by atoms with E-state index in [9.17, 15) is 14.0 Å². The Labute approximate surface area is 163 Å². The van der Waals surface area contributed by atoms with Gasteiger partial charge in [0.1, 0.15) is 11.6 Å². The molecule has 0 unspecified atom stereocenters. The third-order valence-corrected chi connectivity index (χ3v) is 4.27. The lowest BCUT2D eigenvalue weighted by Crippen LogP contribution is -2.31. The highest BCUT2D eigenvalue weighted by atomic mass is 19.1. The summed E-state index contributed by atoms with van der Waals surface area (Å²) in [6, 6.07) is 21.4. The molecule has 0 saturated heterocycles. The molecule has 28 heavy (non-hydrogen) atoms. The molecule has 5 heteroatoms. The fourth-order valence-corrected chi connectivity index (χ4v) is 2.73. The van der Waals surface area contributed by atoms with Crippen LogP contribution in [-0.4, -0.2) is 18.3 Å². The molecule has 0 aromatic heterocycles. The lowest BCUT2D eigenvalue weighted by molar-refractivity contribution is -0.123. The van der Waals surface area contributed by atoms with Crippen LogP contribution in [0.25, 0.3) is 0 Å². The Morgan fingerprint density at radius 3 is 2.07 bits per heavy atom. The SMILES string of the molecule is C[C@@H](NC(=O)COc1ccc(C(=O)c2ccc(F)cc2)cc1)c1ccccc1. The summed E-state index contributed by atoms with van der Waals surface area (Å²) in [6.07, 6.45) is 0. The van der Waals surface area contributed by atoms with Gasteiger partial charge in [0.15, 0.2) is 12.4 Å². The highest BCUT2D eigenvalue weighted by Gasteiger charge is 2.11. The van der Waals surface area contributed by atoms with Gasteiger partial charge in [0.05, 0.1) is 6.04 Å². The van der Waals surface area contributed by atoms with Crippen LogP contribution in [0, 0.1) is 5.82 Å². The molecule has 0 spiro atoms. The molecule has 1 atom stereocenters. The Morgan fingerprint density at radius 2 is 1.46 bits per heavy atom. The summed E-state index contributed by atoms with van der Waals surface area (Å²) < 4.78 is 18.5. The number of carbonyl (C=O) groups excluding carboxylic acids is 2. The molecule has 3 aromatic rings. The minimum absolute atomic E-state index is 0.118. The van der Waals surface area contributed by atoms with Crippen LogP contribution in [0.1, 0.15) is 34.5 Å². The van der Waals surface area contributed by atoms with E-state index in [0.717, 1.165) is 5.56 Å². The van der Waals surface area contributed by atoms with Gasteiger partial charge in [-0.25, -0.2) is 4.39 Å². The summed E-state index contributed by atoms with van der Waals surface area (Å²) in [5.41, 5.74) is 1.88. The van der Waals surface area contributed by atoms with Crippen LogP contribution in [0.3, 0.4) is 0 Å². The zero-order valence-corrected chi connectivity index (χ0v) is 15.4. The molecule has 0 radical (unpaired) electrons. The minimum atomic E-state index is -0.389. The number of hydrogen-bond donors (Lipinski definition) is 1. The molecule has 4 nitrogen and oxygen atoms in total. The van der Waals surface area contributed by atoms with Crippen molar-refractivity contribution < 1.29 is 18.7 Å². The van der Waals surface area contributed by atoms with Crippen LogP contribution in [0.15, 0.2) is 78.9 Å². The van der Waals surface area contributed by atoms with Gasteiger partial charge < -0.3 is 10.1 Å². The summed E-state index contributed by atoms with van der Waals surface area (Å²) in [4.78, 5) is 24.4. The van der Waals surface area contributed by atoms with Crippen molar-refractivity contribution in [1.82, 2.24) is 5.32 Å². The van der Waals surface area contributed by atoms with Gasteiger partial charge in [0.25, 0.3) is 5.91 Å². The molecule has 0 aliphatic heterocycles. The molecule has 0 saturated carbocycles. The predicted molar refractivity (Wildman–Crippen MR) is 105 cm³/mol. The molecule has 1 N–H and O–H groups in total. The number of benzene rings is 3. The summed E-state index contributed by atoms with van der Waals surface area (Å²) in [5, 5.41) is 2.87. The highest BCUT2D eigenvalue weighted by Crippen LogP contribution is 2.16. The Kier molecular flexibility index (Phi) is 6.17. The minimum Gasteiger partial charge on any atom is -0.484 e. The summed E-state index contributed by atoms with van der Waals surface area (Å²) >= 11 is 0. The van der Waals surface area contributed by atoms with Crippen molar-refractivity contribution in [3.63, 3.8) is 0 Å². The second kappa shape index (κ2) is 8.95. The van der Waals surface area contributed by atoms with Crippen LogP contribution in [-0.2, 0) is 4.79 Å². The van der Waals surface area contributed by atoms with Gasteiger partial charge in [0.2, 0.25) is 0 Å².